The van der Waals surface area contributed by atoms with E-state index in [-0.39, 0.29) is 17.3 Å². The number of halogens is 3. The number of methoxy groups -OCH3 is 1. The minimum Gasteiger partial charge on any atom is -0.494 e. The Hall–Kier alpha value is -3.89. The van der Waals surface area contributed by atoms with E-state index in [9.17, 15) is 22.8 Å². The van der Waals surface area contributed by atoms with Crippen LogP contribution in [0.5, 0.6) is 5.75 Å². The maximum Gasteiger partial charge on any atom is 0.418 e. The van der Waals surface area contributed by atoms with Gasteiger partial charge in [0, 0.05) is 24.7 Å². The van der Waals surface area contributed by atoms with Crippen LogP contribution in [0.1, 0.15) is 28.9 Å². The number of nitrogens with one attached hydrogen (secondary N) is 1. The number of aromatic nitrogens is 3. The number of carbonyl (C=O) groups is 2. The number of alkyl halides is 3. The quantitative estimate of drug-likeness (QED) is 0.647. The monoisotopic (exact) mass is 445 g/mol. The molecule has 0 atom stereocenters. The fraction of sp³-hybridized carbons (Fsp3) is 0.238. The summed E-state index contributed by atoms with van der Waals surface area (Å²) in [5.41, 5.74) is -0.337. The third-order valence-electron chi connectivity index (χ3n) is 4.98. The summed E-state index contributed by atoms with van der Waals surface area (Å²) in [7, 11) is 1.45. The van der Waals surface area contributed by atoms with Crippen molar-refractivity contribution in [1.29, 1.82) is 0 Å². The molecule has 11 heteroatoms. The van der Waals surface area contributed by atoms with Gasteiger partial charge in [0.1, 0.15) is 5.75 Å². The van der Waals surface area contributed by atoms with Gasteiger partial charge in [-0.05, 0) is 30.7 Å². The normalized spacial score (nSPS) is 14.0. The van der Waals surface area contributed by atoms with E-state index in [0.717, 1.165) is 23.4 Å². The predicted molar refractivity (Wildman–Crippen MR) is 109 cm³/mol. The second-order valence-electron chi connectivity index (χ2n) is 7.05. The third-order valence-corrected chi connectivity index (χ3v) is 4.98. The Morgan fingerprint density at radius 3 is 2.62 bits per heavy atom. The number of ether oxygens (including phenoxy) is 1. The molecule has 1 N–H and O–H groups in total. The number of rotatable bonds is 5. The van der Waals surface area contributed by atoms with Crippen molar-refractivity contribution in [3.8, 4) is 11.4 Å². The molecule has 8 nitrogen and oxygen atoms in total. The number of carbonyl (C=O) groups excluding carboxylic acids is 2. The minimum atomic E-state index is -4.58. The van der Waals surface area contributed by atoms with Gasteiger partial charge in [-0.15, -0.1) is 5.10 Å². The molecule has 4 rings (SSSR count). The van der Waals surface area contributed by atoms with E-state index >= 15 is 0 Å². The minimum absolute atomic E-state index is 0.00385. The Labute approximate surface area is 180 Å². The summed E-state index contributed by atoms with van der Waals surface area (Å²) in [5, 5.41) is 9.97. The van der Waals surface area contributed by atoms with Crippen molar-refractivity contribution in [2.24, 2.45) is 0 Å². The van der Waals surface area contributed by atoms with Crippen LogP contribution in [0.25, 0.3) is 5.69 Å². The number of amides is 2. The Balaban J connectivity index is 1.55. The molecule has 2 aromatic carbocycles. The SMILES string of the molecule is COc1cc(NC(=O)c2cn(-c3ccccc3C(F)(F)F)nn2)ccc1N1CCCC1=O. The highest BCUT2D eigenvalue weighted by Gasteiger charge is 2.34. The van der Waals surface area contributed by atoms with Crippen molar-refractivity contribution >= 4 is 23.2 Å². The van der Waals surface area contributed by atoms with Crippen LogP contribution in [0.3, 0.4) is 0 Å². The maximum absolute atomic E-state index is 13.2. The van der Waals surface area contributed by atoms with Crippen molar-refractivity contribution in [1.82, 2.24) is 15.0 Å². The van der Waals surface area contributed by atoms with E-state index < -0.39 is 17.6 Å². The molecule has 3 aromatic rings. The summed E-state index contributed by atoms with van der Waals surface area (Å²) in [4.78, 5) is 26.2. The first-order valence-electron chi connectivity index (χ1n) is 9.66. The fourth-order valence-corrected chi connectivity index (χ4v) is 3.48. The molecular weight excluding hydrogens is 427 g/mol. The zero-order valence-electron chi connectivity index (χ0n) is 16.9. The van der Waals surface area contributed by atoms with Crippen molar-refractivity contribution in [2.45, 2.75) is 19.0 Å². The molecule has 1 aliphatic rings. The van der Waals surface area contributed by atoms with Crippen LogP contribution in [0, 0.1) is 0 Å². The van der Waals surface area contributed by atoms with Gasteiger partial charge in [0.25, 0.3) is 5.91 Å². The number of anilines is 2. The molecule has 166 valence electrons. The van der Waals surface area contributed by atoms with Gasteiger partial charge in [-0.1, -0.05) is 17.3 Å². The summed E-state index contributed by atoms with van der Waals surface area (Å²) in [6.07, 6.45) is -2.24. The highest BCUT2D eigenvalue weighted by molar-refractivity contribution is 6.03. The summed E-state index contributed by atoms with van der Waals surface area (Å²) >= 11 is 0. The Morgan fingerprint density at radius 1 is 1.16 bits per heavy atom. The number of nitrogens with zero attached hydrogens (tertiary/aromatic N) is 4. The Bertz CT molecular complexity index is 1180. The van der Waals surface area contributed by atoms with Crippen LogP contribution >= 0.6 is 0 Å². The van der Waals surface area contributed by atoms with Gasteiger partial charge < -0.3 is 15.0 Å². The summed E-state index contributed by atoms with van der Waals surface area (Å²) in [6.45, 7) is 0.587. The molecule has 1 aliphatic heterocycles. The zero-order valence-corrected chi connectivity index (χ0v) is 16.9. The molecule has 0 radical (unpaired) electrons. The standard InChI is InChI=1S/C21H18F3N5O3/c1-32-18-11-13(8-9-17(18)28-10-4-7-19(28)30)25-20(31)15-12-29(27-26-15)16-6-3-2-5-14(16)21(22,23)24/h2-3,5-6,8-9,11-12H,4,7,10H2,1H3,(H,25,31). The number of para-hydroxylation sites is 1. The number of hydrogen-bond donors (Lipinski definition) is 1. The van der Waals surface area contributed by atoms with Crippen LogP contribution in [0.4, 0.5) is 24.5 Å². The zero-order chi connectivity index (χ0) is 22.9. The third kappa shape index (κ3) is 4.13. The Morgan fingerprint density at radius 2 is 1.94 bits per heavy atom. The molecule has 32 heavy (non-hydrogen) atoms. The molecule has 0 saturated carbocycles. The van der Waals surface area contributed by atoms with Crippen LogP contribution in [-0.2, 0) is 11.0 Å². The lowest BCUT2D eigenvalue weighted by molar-refractivity contribution is -0.137. The van der Waals surface area contributed by atoms with Crippen LogP contribution in [0.2, 0.25) is 0 Å². The highest BCUT2D eigenvalue weighted by Crippen LogP contribution is 2.35. The van der Waals surface area contributed by atoms with E-state index in [0.29, 0.717) is 30.1 Å². The molecule has 0 unspecified atom stereocenters. The largest absolute Gasteiger partial charge is 0.494 e. The fourth-order valence-electron chi connectivity index (χ4n) is 3.48. The lowest BCUT2D eigenvalue weighted by Gasteiger charge is -2.19. The first-order chi connectivity index (χ1) is 15.3. The van der Waals surface area contributed by atoms with Crippen molar-refractivity contribution in [2.75, 3.05) is 23.9 Å². The smallest absolute Gasteiger partial charge is 0.418 e. The molecule has 2 amide bonds. The van der Waals surface area contributed by atoms with E-state index in [4.69, 9.17) is 4.74 Å². The van der Waals surface area contributed by atoms with E-state index in [1.807, 2.05) is 0 Å². The first-order valence-corrected chi connectivity index (χ1v) is 9.66. The van der Waals surface area contributed by atoms with Crippen LogP contribution in [0.15, 0.2) is 48.7 Å². The maximum atomic E-state index is 13.2. The lowest BCUT2D eigenvalue weighted by Crippen LogP contribution is -2.24. The second kappa shape index (κ2) is 8.33. The first kappa shape index (κ1) is 21.3. The molecular formula is C21H18F3N5O3. The van der Waals surface area contributed by atoms with E-state index in [2.05, 4.69) is 15.6 Å². The number of hydrogen-bond acceptors (Lipinski definition) is 5. The number of benzene rings is 2. The topological polar surface area (TPSA) is 89.3 Å². The van der Waals surface area contributed by atoms with Gasteiger partial charge in [-0.3, -0.25) is 9.59 Å². The van der Waals surface area contributed by atoms with Crippen LogP contribution in [-0.4, -0.2) is 40.5 Å². The molecule has 0 bridgehead atoms. The Kier molecular flexibility index (Phi) is 5.56. The average molecular weight is 445 g/mol. The molecule has 0 spiro atoms. The van der Waals surface area contributed by atoms with Crippen molar-refractivity contribution in [3.63, 3.8) is 0 Å². The average Bonchev–Trinajstić information content (AvgIpc) is 3.42. The van der Waals surface area contributed by atoms with Crippen molar-refractivity contribution < 1.29 is 27.5 Å². The van der Waals surface area contributed by atoms with Crippen LogP contribution < -0.4 is 15.0 Å². The van der Waals surface area contributed by atoms with Gasteiger partial charge in [0.2, 0.25) is 5.91 Å². The highest BCUT2D eigenvalue weighted by atomic mass is 19.4. The summed E-state index contributed by atoms with van der Waals surface area (Å²) in [5.74, 6) is -0.260. The molecule has 1 aromatic heterocycles. The summed E-state index contributed by atoms with van der Waals surface area (Å²) < 4.78 is 46.0. The molecule has 1 fully saturated rings. The molecule has 2 heterocycles. The van der Waals surface area contributed by atoms with Crippen molar-refractivity contribution in [3.05, 3.63) is 59.9 Å². The molecule has 0 aliphatic carbocycles. The van der Waals surface area contributed by atoms with E-state index in [1.165, 1.54) is 25.3 Å². The lowest BCUT2D eigenvalue weighted by atomic mass is 10.1. The van der Waals surface area contributed by atoms with Gasteiger partial charge in [0.15, 0.2) is 5.69 Å². The molecule has 1 saturated heterocycles. The second-order valence-corrected chi connectivity index (χ2v) is 7.05. The van der Waals surface area contributed by atoms with Gasteiger partial charge in [-0.2, -0.15) is 13.2 Å². The van der Waals surface area contributed by atoms with Gasteiger partial charge in [0.05, 0.1) is 30.2 Å². The van der Waals surface area contributed by atoms with Gasteiger partial charge in [-0.25, -0.2) is 4.68 Å². The van der Waals surface area contributed by atoms with E-state index in [1.54, 1.807) is 23.1 Å². The van der Waals surface area contributed by atoms with Gasteiger partial charge >= 0.3 is 6.18 Å². The summed E-state index contributed by atoms with van der Waals surface area (Å²) in [6, 6.07) is 9.69. The predicted octanol–water partition coefficient (Wildman–Crippen LogP) is 3.67.